The van der Waals surface area contributed by atoms with Crippen molar-refractivity contribution in [1.29, 1.82) is 5.26 Å². The zero-order chi connectivity index (χ0) is 22.0. The van der Waals surface area contributed by atoms with E-state index >= 15 is 0 Å². The van der Waals surface area contributed by atoms with Gasteiger partial charge in [0.2, 0.25) is 0 Å². The quantitative estimate of drug-likeness (QED) is 0.617. The first kappa shape index (κ1) is 21.3. The highest BCUT2D eigenvalue weighted by atomic mass is 19.4. The van der Waals surface area contributed by atoms with Gasteiger partial charge < -0.3 is 9.30 Å². The molecule has 1 aliphatic heterocycles. The summed E-state index contributed by atoms with van der Waals surface area (Å²) in [5, 5.41) is 9.40. The number of benzene rings is 1. The van der Waals surface area contributed by atoms with Gasteiger partial charge in [0.05, 0.1) is 36.3 Å². The van der Waals surface area contributed by atoms with Crippen LogP contribution in [0.25, 0.3) is 22.3 Å². The number of nitrogens with zero attached hydrogens (tertiary/aromatic N) is 5. The molecular weight excluding hydrogens is 407 g/mol. The van der Waals surface area contributed by atoms with Crippen molar-refractivity contribution in [2.24, 2.45) is 7.05 Å². The highest BCUT2D eigenvalue weighted by Crippen LogP contribution is 2.36. The molecule has 1 aromatic carbocycles. The topological polar surface area (TPSA) is 67.0 Å². The van der Waals surface area contributed by atoms with E-state index < -0.39 is 11.7 Å². The first-order chi connectivity index (χ1) is 14.9. The van der Waals surface area contributed by atoms with Gasteiger partial charge in [-0.3, -0.25) is 4.90 Å². The molecule has 0 saturated carbocycles. The van der Waals surface area contributed by atoms with E-state index in [1.807, 2.05) is 6.07 Å². The molecule has 3 aromatic rings. The van der Waals surface area contributed by atoms with Gasteiger partial charge in [0.15, 0.2) is 5.69 Å². The zero-order valence-electron chi connectivity index (χ0n) is 17.1. The standard InChI is InChI=1S/C22H22F3N5O/c1-29-14-27-21-19(13-26)28-18(12-20(21)29)16-5-4-15(17(11-16)22(23,24)25)3-2-6-30-7-9-31-10-8-30/h4-5,11-12,14H,2-3,6-10H2,1H3. The third-order valence-electron chi connectivity index (χ3n) is 5.55. The van der Waals surface area contributed by atoms with E-state index in [1.165, 1.54) is 6.07 Å². The highest BCUT2D eigenvalue weighted by Gasteiger charge is 2.33. The lowest BCUT2D eigenvalue weighted by Gasteiger charge is -2.26. The number of alkyl halides is 3. The average molecular weight is 429 g/mol. The van der Waals surface area contributed by atoms with Crippen molar-refractivity contribution in [3.8, 4) is 17.3 Å². The maximum Gasteiger partial charge on any atom is 0.416 e. The Kier molecular flexibility index (Phi) is 5.94. The monoisotopic (exact) mass is 429 g/mol. The summed E-state index contributed by atoms with van der Waals surface area (Å²) in [6, 6.07) is 7.95. The third kappa shape index (κ3) is 4.55. The van der Waals surface area contributed by atoms with Crippen molar-refractivity contribution in [2.45, 2.75) is 19.0 Å². The Balaban J connectivity index is 1.63. The van der Waals surface area contributed by atoms with E-state index in [2.05, 4.69) is 14.9 Å². The summed E-state index contributed by atoms with van der Waals surface area (Å²) in [6.07, 6.45) is -1.95. The van der Waals surface area contributed by atoms with Crippen LogP contribution in [0, 0.1) is 11.3 Å². The van der Waals surface area contributed by atoms with E-state index in [1.54, 1.807) is 30.1 Å². The van der Waals surface area contributed by atoms with Crippen LogP contribution in [0.4, 0.5) is 13.2 Å². The molecule has 162 valence electrons. The lowest BCUT2D eigenvalue weighted by Crippen LogP contribution is -2.37. The van der Waals surface area contributed by atoms with Crippen molar-refractivity contribution in [3.63, 3.8) is 0 Å². The summed E-state index contributed by atoms with van der Waals surface area (Å²) in [4.78, 5) is 10.6. The number of morpholine rings is 1. The Labute approximate surface area is 177 Å². The summed E-state index contributed by atoms with van der Waals surface area (Å²) in [5.41, 5.74) is 1.43. The second-order valence-corrected chi connectivity index (χ2v) is 7.62. The van der Waals surface area contributed by atoms with Gasteiger partial charge in [-0.15, -0.1) is 0 Å². The van der Waals surface area contributed by atoms with Gasteiger partial charge in [0, 0.05) is 25.7 Å². The molecule has 6 nitrogen and oxygen atoms in total. The van der Waals surface area contributed by atoms with Gasteiger partial charge in [-0.1, -0.05) is 12.1 Å². The lowest BCUT2D eigenvalue weighted by atomic mass is 9.97. The Hall–Kier alpha value is -2.96. The maximum atomic E-state index is 13.8. The number of imidazole rings is 1. The van der Waals surface area contributed by atoms with Crippen LogP contribution in [-0.2, 0) is 24.4 Å². The SMILES string of the molecule is Cn1cnc2c(C#N)nc(-c3ccc(CCCN4CCOCC4)c(C(F)(F)F)c3)cc21. The maximum absolute atomic E-state index is 13.8. The van der Waals surface area contributed by atoms with Crippen molar-refractivity contribution < 1.29 is 17.9 Å². The second kappa shape index (κ2) is 8.65. The van der Waals surface area contributed by atoms with Crippen LogP contribution in [-0.4, -0.2) is 52.3 Å². The van der Waals surface area contributed by atoms with Crippen molar-refractivity contribution in [2.75, 3.05) is 32.8 Å². The molecule has 0 unspecified atom stereocenters. The van der Waals surface area contributed by atoms with Gasteiger partial charge in [0.25, 0.3) is 0 Å². The number of rotatable bonds is 5. The third-order valence-corrected chi connectivity index (χ3v) is 5.55. The molecule has 0 spiro atoms. The van der Waals surface area contributed by atoms with Gasteiger partial charge in [0.1, 0.15) is 11.6 Å². The molecule has 0 amide bonds. The Bertz CT molecular complexity index is 1130. The number of fused-ring (bicyclic) bond motifs is 1. The van der Waals surface area contributed by atoms with E-state index in [4.69, 9.17) is 4.74 Å². The summed E-state index contributed by atoms with van der Waals surface area (Å²) < 4.78 is 48.5. The Morgan fingerprint density at radius 2 is 1.97 bits per heavy atom. The van der Waals surface area contributed by atoms with E-state index in [0.717, 1.165) is 25.7 Å². The van der Waals surface area contributed by atoms with Gasteiger partial charge >= 0.3 is 6.18 Å². The molecule has 4 rings (SSSR count). The molecule has 31 heavy (non-hydrogen) atoms. The largest absolute Gasteiger partial charge is 0.416 e. The van der Waals surface area contributed by atoms with Crippen LogP contribution < -0.4 is 0 Å². The number of nitriles is 1. The lowest BCUT2D eigenvalue weighted by molar-refractivity contribution is -0.138. The summed E-state index contributed by atoms with van der Waals surface area (Å²) in [6.45, 7) is 3.71. The fourth-order valence-electron chi connectivity index (χ4n) is 3.89. The van der Waals surface area contributed by atoms with Crippen LogP contribution >= 0.6 is 0 Å². The Morgan fingerprint density at radius 1 is 1.19 bits per heavy atom. The fourth-order valence-corrected chi connectivity index (χ4v) is 3.89. The fraction of sp³-hybridized carbons (Fsp3) is 0.409. The molecule has 3 heterocycles. The molecule has 0 aliphatic carbocycles. The predicted molar refractivity (Wildman–Crippen MR) is 109 cm³/mol. The predicted octanol–water partition coefficient (Wildman–Crippen LogP) is 3.79. The Morgan fingerprint density at radius 3 is 2.68 bits per heavy atom. The van der Waals surface area contributed by atoms with Crippen molar-refractivity contribution in [1.82, 2.24) is 19.4 Å². The average Bonchev–Trinajstić information content (AvgIpc) is 3.14. The normalized spacial score (nSPS) is 15.3. The smallest absolute Gasteiger partial charge is 0.379 e. The minimum absolute atomic E-state index is 0.0937. The summed E-state index contributed by atoms with van der Waals surface area (Å²) in [5.74, 6) is 0. The first-order valence-electron chi connectivity index (χ1n) is 10.1. The molecule has 9 heteroatoms. The first-order valence-corrected chi connectivity index (χ1v) is 10.1. The molecule has 1 fully saturated rings. The second-order valence-electron chi connectivity index (χ2n) is 7.62. The van der Waals surface area contributed by atoms with Gasteiger partial charge in [-0.25, -0.2) is 9.97 Å². The molecule has 0 bridgehead atoms. The molecule has 0 atom stereocenters. The summed E-state index contributed by atoms with van der Waals surface area (Å²) in [7, 11) is 1.76. The number of halogens is 3. The van der Waals surface area contributed by atoms with Crippen LogP contribution in [0.3, 0.4) is 0 Å². The number of aryl methyl sites for hydroxylation is 2. The van der Waals surface area contributed by atoms with Crippen LogP contribution in [0.2, 0.25) is 0 Å². The number of hydrogen-bond acceptors (Lipinski definition) is 5. The minimum atomic E-state index is -4.47. The highest BCUT2D eigenvalue weighted by molar-refractivity contribution is 5.84. The molecule has 1 aliphatic rings. The van der Waals surface area contributed by atoms with E-state index in [9.17, 15) is 18.4 Å². The molecular formula is C22H22F3N5O. The van der Waals surface area contributed by atoms with E-state index in [-0.39, 0.29) is 11.3 Å². The van der Waals surface area contributed by atoms with E-state index in [0.29, 0.717) is 48.3 Å². The number of ether oxygens (including phenoxy) is 1. The molecule has 0 radical (unpaired) electrons. The van der Waals surface area contributed by atoms with Crippen molar-refractivity contribution in [3.05, 3.63) is 47.4 Å². The minimum Gasteiger partial charge on any atom is -0.379 e. The molecule has 2 aromatic heterocycles. The molecule has 0 N–H and O–H groups in total. The van der Waals surface area contributed by atoms with Gasteiger partial charge in [-0.2, -0.15) is 18.4 Å². The number of aromatic nitrogens is 3. The number of hydrogen-bond donors (Lipinski definition) is 0. The van der Waals surface area contributed by atoms with Crippen LogP contribution in [0.5, 0.6) is 0 Å². The summed E-state index contributed by atoms with van der Waals surface area (Å²) >= 11 is 0. The number of pyridine rings is 1. The van der Waals surface area contributed by atoms with Gasteiger partial charge in [-0.05, 0) is 37.1 Å². The van der Waals surface area contributed by atoms with Crippen LogP contribution in [0.1, 0.15) is 23.2 Å². The van der Waals surface area contributed by atoms with Crippen molar-refractivity contribution >= 4 is 11.0 Å². The zero-order valence-corrected chi connectivity index (χ0v) is 17.1. The molecule has 1 saturated heterocycles. The van der Waals surface area contributed by atoms with Crippen LogP contribution in [0.15, 0.2) is 30.6 Å².